The highest BCUT2D eigenvalue weighted by Gasteiger charge is 2.42. The van der Waals surface area contributed by atoms with Gasteiger partial charge in [-0.1, -0.05) is 0 Å². The number of hydrogen-bond acceptors (Lipinski definition) is 6. The second-order valence-corrected chi connectivity index (χ2v) is 4.50. The van der Waals surface area contributed by atoms with E-state index in [0.717, 1.165) is 0 Å². The van der Waals surface area contributed by atoms with Gasteiger partial charge in [-0.05, 0) is 0 Å². The van der Waals surface area contributed by atoms with E-state index in [-0.39, 0.29) is 11.1 Å². The summed E-state index contributed by atoms with van der Waals surface area (Å²) in [5.41, 5.74) is 0.797. The number of aliphatic hydroxyl groups is 3. The molecule has 0 aromatic carbocycles. The molecule has 2 aromatic heterocycles. The summed E-state index contributed by atoms with van der Waals surface area (Å²) >= 11 is 0. The van der Waals surface area contributed by atoms with Crippen molar-refractivity contribution >= 4 is 11.0 Å². The van der Waals surface area contributed by atoms with Gasteiger partial charge >= 0.3 is 0 Å². The summed E-state index contributed by atoms with van der Waals surface area (Å²) in [4.78, 5) is 20.8. The Balaban J connectivity index is 2.04. The van der Waals surface area contributed by atoms with Crippen LogP contribution in [0.4, 0.5) is 0 Å². The average Bonchev–Trinajstić information content (AvgIpc) is 2.94. The first kappa shape index (κ1) is 11.1. The van der Waals surface area contributed by atoms with Crippen LogP contribution >= 0.6 is 0 Å². The molecule has 3 rings (SSSR count). The van der Waals surface area contributed by atoms with Crippen LogP contribution in [-0.4, -0.2) is 55.1 Å². The number of nitrogens with one attached hydrogen (secondary N) is 3. The normalized spacial score (nSPS) is 33.5. The second-order valence-electron chi connectivity index (χ2n) is 4.50. The van der Waals surface area contributed by atoms with Crippen LogP contribution < -0.4 is 10.9 Å². The molecular formula is C11H14N4O4. The smallest absolute Gasteiger partial charge is 0.275 e. The maximum absolute atomic E-state index is 11.6. The molecule has 1 aliphatic rings. The van der Waals surface area contributed by atoms with E-state index in [1.54, 1.807) is 0 Å². The van der Waals surface area contributed by atoms with Crippen molar-refractivity contribution in [3.63, 3.8) is 0 Å². The third-order valence-corrected chi connectivity index (χ3v) is 3.43. The Hall–Kier alpha value is -1.74. The van der Waals surface area contributed by atoms with E-state index in [1.165, 1.54) is 12.5 Å². The molecule has 1 fully saturated rings. The quantitative estimate of drug-likeness (QED) is 0.372. The summed E-state index contributed by atoms with van der Waals surface area (Å²) in [5.74, 6) is 0. The van der Waals surface area contributed by atoms with E-state index in [0.29, 0.717) is 11.1 Å². The number of aromatic nitrogens is 3. The molecule has 1 unspecified atom stereocenters. The first-order valence-corrected chi connectivity index (χ1v) is 5.78. The van der Waals surface area contributed by atoms with Gasteiger partial charge in [0.15, 0.2) is 0 Å². The van der Waals surface area contributed by atoms with Gasteiger partial charge < -0.3 is 30.6 Å². The van der Waals surface area contributed by atoms with Gasteiger partial charge in [-0.3, -0.25) is 4.79 Å². The molecule has 8 nitrogen and oxygen atoms in total. The summed E-state index contributed by atoms with van der Waals surface area (Å²) in [7, 11) is 0. The Labute approximate surface area is 108 Å². The van der Waals surface area contributed by atoms with Gasteiger partial charge in [0.2, 0.25) is 0 Å². The van der Waals surface area contributed by atoms with E-state index < -0.39 is 30.9 Å². The molecule has 0 bridgehead atoms. The van der Waals surface area contributed by atoms with E-state index >= 15 is 0 Å². The van der Waals surface area contributed by atoms with E-state index in [1.807, 2.05) is 0 Å². The summed E-state index contributed by atoms with van der Waals surface area (Å²) in [5, 5.41) is 31.9. The van der Waals surface area contributed by atoms with Gasteiger partial charge in [0.1, 0.15) is 17.1 Å². The van der Waals surface area contributed by atoms with Gasteiger partial charge in [-0.15, -0.1) is 0 Å². The van der Waals surface area contributed by atoms with Crippen LogP contribution in [-0.2, 0) is 0 Å². The summed E-state index contributed by atoms with van der Waals surface area (Å²) in [6, 6.07) is -1.69. The van der Waals surface area contributed by atoms with Gasteiger partial charge in [-0.25, -0.2) is 4.98 Å². The van der Waals surface area contributed by atoms with Crippen LogP contribution in [0.5, 0.6) is 0 Å². The van der Waals surface area contributed by atoms with Gasteiger partial charge in [-0.2, -0.15) is 0 Å². The van der Waals surface area contributed by atoms with Gasteiger partial charge in [0.05, 0.1) is 32.5 Å². The number of nitrogens with zero attached hydrogens (tertiary/aromatic N) is 1. The lowest BCUT2D eigenvalue weighted by atomic mass is 10.0. The number of aromatic amines is 2. The Kier molecular flexibility index (Phi) is 2.59. The molecule has 0 saturated carbocycles. The number of H-pyrrole nitrogens is 2. The van der Waals surface area contributed by atoms with Crippen LogP contribution in [0.15, 0.2) is 17.3 Å². The zero-order chi connectivity index (χ0) is 14.4. The maximum atomic E-state index is 11.6. The predicted octanol–water partition coefficient (Wildman–Crippen LogP) is -2.02. The van der Waals surface area contributed by atoms with Crippen LogP contribution in [0.2, 0.25) is 0 Å². The Morgan fingerprint density at radius 2 is 2.16 bits per heavy atom. The number of fused-ring (bicyclic) bond motifs is 1. The monoisotopic (exact) mass is 268 g/mol. The first-order chi connectivity index (χ1) is 9.50. The minimum Gasteiger partial charge on any atom is -0.395 e. The Bertz CT molecular complexity index is 684. The maximum Gasteiger partial charge on any atom is 0.275 e. The highest BCUT2D eigenvalue weighted by molar-refractivity contribution is 5.78. The van der Waals surface area contributed by atoms with Crippen molar-refractivity contribution in [1.82, 2.24) is 20.3 Å². The summed E-state index contributed by atoms with van der Waals surface area (Å²) in [6.45, 7) is -1.56. The second kappa shape index (κ2) is 4.42. The van der Waals surface area contributed by atoms with Crippen LogP contribution in [0.3, 0.4) is 0 Å². The minimum absolute atomic E-state index is 0.265. The van der Waals surface area contributed by atoms with Crippen molar-refractivity contribution in [3.05, 3.63) is 28.4 Å². The van der Waals surface area contributed by atoms with Crippen molar-refractivity contribution in [3.8, 4) is 0 Å². The topological polar surface area (TPSA) is 134 Å². The van der Waals surface area contributed by atoms with Crippen LogP contribution in [0.1, 0.15) is 13.0 Å². The Morgan fingerprint density at radius 3 is 2.84 bits per heavy atom. The Morgan fingerprint density at radius 1 is 1.37 bits per heavy atom. The highest BCUT2D eigenvalue weighted by Crippen LogP contribution is 2.30. The molecular weight excluding hydrogens is 252 g/mol. The fourth-order valence-corrected chi connectivity index (χ4v) is 2.43. The first-order valence-electron chi connectivity index (χ1n) is 6.35. The molecule has 1 saturated heterocycles. The van der Waals surface area contributed by atoms with Crippen molar-refractivity contribution in [2.75, 3.05) is 6.58 Å². The zero-order valence-electron chi connectivity index (χ0n) is 10.7. The van der Waals surface area contributed by atoms with E-state index in [2.05, 4.69) is 20.3 Å². The summed E-state index contributed by atoms with van der Waals surface area (Å²) < 4.78 is 7.25. The number of rotatable bonds is 2. The lowest BCUT2D eigenvalue weighted by molar-refractivity contribution is 0.0196. The van der Waals surface area contributed by atoms with Crippen molar-refractivity contribution in [2.45, 2.75) is 24.3 Å². The third kappa shape index (κ3) is 1.77. The lowest BCUT2D eigenvalue weighted by Crippen LogP contribution is -2.35. The van der Waals surface area contributed by atoms with Crippen molar-refractivity contribution in [1.29, 1.82) is 0 Å². The van der Waals surface area contributed by atoms with E-state index in [4.69, 9.17) is 1.37 Å². The largest absolute Gasteiger partial charge is 0.395 e. The molecule has 5 atom stereocenters. The standard InChI is InChI=1S/C11H14N4O4/c16-2-5-9(17)10(18)7(15-5)4-1-12-8-6(4)13-3-14-11(8)19/h1,3,5,7,9-10,12,15-18H,2H2,(H,13,14,19)/t5-,7+,9-,10+/m1/s1/i2T/t2?,5-,7+,9-,10+. The molecule has 3 heterocycles. The molecule has 0 aliphatic carbocycles. The molecule has 102 valence electrons. The van der Waals surface area contributed by atoms with Gasteiger partial charge in [0.25, 0.3) is 5.56 Å². The highest BCUT2D eigenvalue weighted by atomic mass is 16.3. The number of aliphatic hydroxyl groups excluding tert-OH is 3. The fourth-order valence-electron chi connectivity index (χ4n) is 2.43. The molecule has 6 N–H and O–H groups in total. The number of hydrogen-bond donors (Lipinski definition) is 6. The van der Waals surface area contributed by atoms with Gasteiger partial charge in [0, 0.05) is 11.8 Å². The molecule has 19 heavy (non-hydrogen) atoms. The molecule has 0 amide bonds. The lowest BCUT2D eigenvalue weighted by Gasteiger charge is -2.14. The fraction of sp³-hybridized carbons (Fsp3) is 0.455. The predicted molar refractivity (Wildman–Crippen MR) is 65.5 cm³/mol. The minimum atomic E-state index is -1.56. The van der Waals surface area contributed by atoms with Crippen LogP contribution in [0, 0.1) is 0 Å². The molecule has 0 spiro atoms. The van der Waals surface area contributed by atoms with Crippen molar-refractivity contribution in [2.24, 2.45) is 0 Å². The van der Waals surface area contributed by atoms with Crippen molar-refractivity contribution < 1.29 is 16.7 Å². The summed E-state index contributed by atoms with van der Waals surface area (Å²) in [6.07, 6.45) is 0.273. The van der Waals surface area contributed by atoms with Crippen LogP contribution in [0.25, 0.3) is 11.0 Å². The molecule has 2 aromatic rings. The zero-order valence-corrected chi connectivity index (χ0v) is 9.74. The molecule has 8 heteroatoms. The average molecular weight is 268 g/mol. The third-order valence-electron chi connectivity index (χ3n) is 3.43. The van der Waals surface area contributed by atoms with E-state index in [9.17, 15) is 20.1 Å². The SMILES string of the molecule is [3H]C(O)[C@H]1N[C@@H](c2c[nH]c3c(=O)[nH]cnc23)[C@H](O)[C@@H]1O. The molecule has 0 radical (unpaired) electrons. The molecule has 1 aliphatic heterocycles.